The van der Waals surface area contributed by atoms with Crippen molar-refractivity contribution >= 4 is 32.5 Å². The van der Waals surface area contributed by atoms with Gasteiger partial charge >= 0.3 is 0 Å². The summed E-state index contributed by atoms with van der Waals surface area (Å²) in [5, 5.41) is 2.19. The zero-order valence-electron chi connectivity index (χ0n) is 11.8. The van der Waals surface area contributed by atoms with E-state index in [0.717, 1.165) is 26.4 Å². The molecule has 0 aliphatic carbocycles. The lowest BCUT2D eigenvalue weighted by molar-refractivity contribution is 0.0994. The van der Waals surface area contributed by atoms with Gasteiger partial charge in [-0.3, -0.25) is 4.79 Å². The maximum atomic E-state index is 12.6. The van der Waals surface area contributed by atoms with E-state index in [1.165, 1.54) is 5.56 Å². The van der Waals surface area contributed by atoms with Crippen LogP contribution in [0.1, 0.15) is 21.5 Å². The Labute approximate surface area is 132 Å². The summed E-state index contributed by atoms with van der Waals surface area (Å²) in [6.45, 7) is 2.07. The largest absolute Gasteiger partial charge is 0.294 e. The first-order valence-electron chi connectivity index (χ1n) is 6.91. The number of hydrogen-bond acceptors (Lipinski definition) is 1. The molecule has 0 atom stereocenters. The van der Waals surface area contributed by atoms with Crippen LogP contribution in [0.3, 0.4) is 0 Å². The van der Waals surface area contributed by atoms with E-state index in [0.29, 0.717) is 6.42 Å². The van der Waals surface area contributed by atoms with Crippen LogP contribution >= 0.6 is 15.9 Å². The Bertz CT molecular complexity index is 821. The SMILES string of the molecule is Cc1ccc(C(=O)Cc2cccc(Br)c2)c2ccccc12. The van der Waals surface area contributed by atoms with Crippen molar-refractivity contribution in [2.45, 2.75) is 13.3 Å². The summed E-state index contributed by atoms with van der Waals surface area (Å²) in [6.07, 6.45) is 0.423. The third-order valence-corrected chi connectivity index (χ3v) is 4.19. The molecule has 0 saturated heterocycles. The van der Waals surface area contributed by atoms with Crippen LogP contribution in [-0.2, 0) is 6.42 Å². The highest BCUT2D eigenvalue weighted by molar-refractivity contribution is 9.10. The monoisotopic (exact) mass is 338 g/mol. The first-order chi connectivity index (χ1) is 10.1. The average molecular weight is 339 g/mol. The molecule has 0 unspecified atom stereocenters. The summed E-state index contributed by atoms with van der Waals surface area (Å²) in [6, 6.07) is 20.0. The minimum Gasteiger partial charge on any atom is -0.294 e. The number of hydrogen-bond donors (Lipinski definition) is 0. The van der Waals surface area contributed by atoms with Gasteiger partial charge in [0, 0.05) is 16.5 Å². The van der Waals surface area contributed by atoms with Crippen molar-refractivity contribution in [3.63, 3.8) is 0 Å². The van der Waals surface area contributed by atoms with Gasteiger partial charge in [0.25, 0.3) is 0 Å². The molecule has 0 bridgehead atoms. The van der Waals surface area contributed by atoms with Crippen LogP contribution in [0, 0.1) is 6.92 Å². The van der Waals surface area contributed by atoms with Crippen LogP contribution in [0.15, 0.2) is 65.1 Å². The molecule has 0 heterocycles. The number of ketones is 1. The molecule has 0 spiro atoms. The molecule has 2 heteroatoms. The quantitative estimate of drug-likeness (QED) is 0.589. The Morgan fingerprint density at radius 1 is 0.952 bits per heavy atom. The van der Waals surface area contributed by atoms with Gasteiger partial charge in [0.15, 0.2) is 5.78 Å². The molecule has 0 saturated carbocycles. The topological polar surface area (TPSA) is 17.1 Å². The highest BCUT2D eigenvalue weighted by Crippen LogP contribution is 2.24. The van der Waals surface area contributed by atoms with E-state index in [2.05, 4.69) is 28.9 Å². The molecule has 3 rings (SSSR count). The van der Waals surface area contributed by atoms with Crippen molar-refractivity contribution in [1.29, 1.82) is 0 Å². The van der Waals surface area contributed by atoms with E-state index in [9.17, 15) is 4.79 Å². The Morgan fingerprint density at radius 3 is 2.48 bits per heavy atom. The highest BCUT2D eigenvalue weighted by atomic mass is 79.9. The van der Waals surface area contributed by atoms with Crippen LogP contribution in [0.5, 0.6) is 0 Å². The number of aryl methyl sites for hydroxylation is 1. The van der Waals surface area contributed by atoms with Gasteiger partial charge in [-0.15, -0.1) is 0 Å². The van der Waals surface area contributed by atoms with Crippen LogP contribution < -0.4 is 0 Å². The molecule has 0 amide bonds. The smallest absolute Gasteiger partial charge is 0.167 e. The maximum Gasteiger partial charge on any atom is 0.167 e. The van der Waals surface area contributed by atoms with Gasteiger partial charge in [-0.05, 0) is 41.0 Å². The molecule has 0 aromatic heterocycles. The molecule has 104 valence electrons. The Morgan fingerprint density at radius 2 is 1.71 bits per heavy atom. The van der Waals surface area contributed by atoms with E-state index in [1.807, 2.05) is 54.6 Å². The maximum absolute atomic E-state index is 12.6. The van der Waals surface area contributed by atoms with Crippen molar-refractivity contribution in [2.24, 2.45) is 0 Å². The summed E-state index contributed by atoms with van der Waals surface area (Å²) in [4.78, 5) is 12.6. The fourth-order valence-corrected chi connectivity index (χ4v) is 3.07. The zero-order chi connectivity index (χ0) is 14.8. The van der Waals surface area contributed by atoms with Gasteiger partial charge in [-0.25, -0.2) is 0 Å². The lowest BCUT2D eigenvalue weighted by Crippen LogP contribution is -2.04. The molecule has 0 radical (unpaired) electrons. The Hall–Kier alpha value is -1.93. The molecule has 21 heavy (non-hydrogen) atoms. The van der Waals surface area contributed by atoms with Crippen LogP contribution in [-0.4, -0.2) is 5.78 Å². The van der Waals surface area contributed by atoms with Crippen molar-refractivity contribution in [3.05, 3.63) is 81.8 Å². The van der Waals surface area contributed by atoms with Gasteiger partial charge in [-0.2, -0.15) is 0 Å². The molecule has 3 aromatic carbocycles. The van der Waals surface area contributed by atoms with E-state index in [1.54, 1.807) is 0 Å². The van der Waals surface area contributed by atoms with E-state index in [4.69, 9.17) is 0 Å². The summed E-state index contributed by atoms with van der Waals surface area (Å²) >= 11 is 3.45. The second-order valence-electron chi connectivity index (χ2n) is 5.21. The normalized spacial score (nSPS) is 10.8. The molecule has 0 aliphatic rings. The number of halogens is 1. The number of fused-ring (bicyclic) bond motifs is 1. The van der Waals surface area contributed by atoms with E-state index >= 15 is 0 Å². The third-order valence-electron chi connectivity index (χ3n) is 3.70. The predicted octanol–water partition coefficient (Wildman–Crippen LogP) is 5.34. The van der Waals surface area contributed by atoms with E-state index in [-0.39, 0.29) is 5.78 Å². The third kappa shape index (κ3) is 2.91. The standard InChI is InChI=1S/C19H15BrO/c1-13-9-10-18(17-8-3-2-7-16(13)17)19(21)12-14-5-4-6-15(20)11-14/h2-11H,12H2,1H3. The van der Waals surface area contributed by atoms with Gasteiger partial charge < -0.3 is 0 Å². The second kappa shape index (κ2) is 5.82. The molecule has 0 N–H and O–H groups in total. The number of carbonyl (C=O) groups is 1. The zero-order valence-corrected chi connectivity index (χ0v) is 13.4. The summed E-state index contributed by atoms with van der Waals surface area (Å²) in [7, 11) is 0. The highest BCUT2D eigenvalue weighted by Gasteiger charge is 2.12. The second-order valence-corrected chi connectivity index (χ2v) is 6.12. The van der Waals surface area contributed by atoms with Gasteiger partial charge in [0.05, 0.1) is 0 Å². The Kier molecular flexibility index (Phi) is 3.89. The molecular weight excluding hydrogens is 324 g/mol. The Balaban J connectivity index is 2.01. The summed E-state index contributed by atoms with van der Waals surface area (Å²) in [5.74, 6) is 0.157. The average Bonchev–Trinajstić information content (AvgIpc) is 2.48. The first kappa shape index (κ1) is 14.0. The van der Waals surface area contributed by atoms with Crippen molar-refractivity contribution in [3.8, 4) is 0 Å². The minimum atomic E-state index is 0.157. The molecule has 3 aromatic rings. The van der Waals surface area contributed by atoms with Crippen LogP contribution in [0.25, 0.3) is 10.8 Å². The van der Waals surface area contributed by atoms with Gasteiger partial charge in [0.2, 0.25) is 0 Å². The van der Waals surface area contributed by atoms with Crippen LogP contribution in [0.2, 0.25) is 0 Å². The number of rotatable bonds is 3. The lowest BCUT2D eigenvalue weighted by atomic mass is 9.95. The van der Waals surface area contributed by atoms with Crippen molar-refractivity contribution < 1.29 is 4.79 Å². The first-order valence-corrected chi connectivity index (χ1v) is 7.70. The number of carbonyl (C=O) groups excluding carboxylic acids is 1. The summed E-state index contributed by atoms with van der Waals surface area (Å²) < 4.78 is 1.00. The molecule has 1 nitrogen and oxygen atoms in total. The molecule has 0 fully saturated rings. The number of Topliss-reactive ketones (excluding diaryl/α,β-unsaturated/α-hetero) is 1. The van der Waals surface area contributed by atoms with Gasteiger partial charge in [-0.1, -0.05) is 64.5 Å². The fourth-order valence-electron chi connectivity index (χ4n) is 2.62. The van der Waals surface area contributed by atoms with Crippen LogP contribution in [0.4, 0.5) is 0 Å². The number of benzene rings is 3. The minimum absolute atomic E-state index is 0.157. The molecular formula is C19H15BrO. The van der Waals surface area contributed by atoms with E-state index < -0.39 is 0 Å². The van der Waals surface area contributed by atoms with Crippen molar-refractivity contribution in [1.82, 2.24) is 0 Å². The van der Waals surface area contributed by atoms with Crippen molar-refractivity contribution in [2.75, 3.05) is 0 Å². The lowest BCUT2D eigenvalue weighted by Gasteiger charge is -2.08. The summed E-state index contributed by atoms with van der Waals surface area (Å²) in [5.41, 5.74) is 3.03. The fraction of sp³-hybridized carbons (Fsp3) is 0.105. The molecule has 0 aliphatic heterocycles. The predicted molar refractivity (Wildman–Crippen MR) is 90.9 cm³/mol. The van der Waals surface area contributed by atoms with Gasteiger partial charge in [0.1, 0.15) is 0 Å².